The van der Waals surface area contributed by atoms with Crippen molar-refractivity contribution in [2.45, 2.75) is 37.5 Å². The number of carbonyl (C=O) groups excluding carboxylic acids is 1. The van der Waals surface area contributed by atoms with Gasteiger partial charge < -0.3 is 11.1 Å². The van der Waals surface area contributed by atoms with Gasteiger partial charge in [-0.1, -0.05) is 19.9 Å². The molecule has 1 atom stereocenters. The van der Waals surface area contributed by atoms with Crippen molar-refractivity contribution in [3.8, 4) is 0 Å². The van der Waals surface area contributed by atoms with E-state index in [-0.39, 0.29) is 10.7 Å². The summed E-state index contributed by atoms with van der Waals surface area (Å²) in [7, 11) is 0. The maximum atomic E-state index is 12.0. The van der Waals surface area contributed by atoms with Crippen LogP contribution in [-0.4, -0.2) is 23.5 Å². The van der Waals surface area contributed by atoms with Crippen molar-refractivity contribution in [3.63, 3.8) is 0 Å². The van der Waals surface area contributed by atoms with E-state index in [1.54, 1.807) is 0 Å². The van der Waals surface area contributed by atoms with Crippen molar-refractivity contribution in [1.29, 1.82) is 0 Å². The minimum atomic E-state index is -0.543. The number of hydrogen-bond acceptors (Lipinski definition) is 4. The van der Waals surface area contributed by atoms with Crippen molar-refractivity contribution >= 4 is 29.0 Å². The van der Waals surface area contributed by atoms with Crippen molar-refractivity contribution in [2.24, 2.45) is 5.73 Å². The zero-order valence-corrected chi connectivity index (χ0v) is 12.9. The van der Waals surface area contributed by atoms with Crippen LogP contribution in [0.5, 0.6) is 0 Å². The molecule has 0 fully saturated rings. The maximum Gasteiger partial charge on any atom is 0.242 e. The van der Waals surface area contributed by atoms with E-state index in [9.17, 15) is 4.79 Å². The summed E-state index contributed by atoms with van der Waals surface area (Å²) < 4.78 is 0.130. The molecule has 0 bridgehead atoms. The second-order valence-corrected chi connectivity index (χ2v) is 6.56. The minimum absolute atomic E-state index is 0.0854. The Hall–Kier alpha value is -0.520. The Bertz CT molecular complexity index is 353. The summed E-state index contributed by atoms with van der Waals surface area (Å²) in [6, 6.07) is 3.27. The summed E-state index contributed by atoms with van der Waals surface area (Å²) in [5.41, 5.74) is 5.93. The van der Waals surface area contributed by atoms with Crippen LogP contribution in [0.2, 0.25) is 0 Å². The number of thiophene rings is 1. The molecule has 5 heteroatoms. The Morgan fingerprint density at radius 2 is 2.22 bits per heavy atom. The summed E-state index contributed by atoms with van der Waals surface area (Å²) >= 11 is 3.33. The lowest BCUT2D eigenvalue weighted by Gasteiger charge is -2.30. The number of thioether (sulfide) groups is 1. The molecule has 0 saturated heterocycles. The highest BCUT2D eigenvalue weighted by atomic mass is 32.2. The van der Waals surface area contributed by atoms with Gasteiger partial charge in [-0.3, -0.25) is 4.79 Å². The van der Waals surface area contributed by atoms with E-state index in [1.807, 2.05) is 29.3 Å². The van der Waals surface area contributed by atoms with E-state index in [4.69, 9.17) is 5.73 Å². The van der Waals surface area contributed by atoms with Gasteiger partial charge in [0.05, 0.1) is 0 Å². The molecule has 0 aliphatic heterocycles. The molecule has 0 radical (unpaired) electrons. The molecule has 1 rings (SSSR count). The van der Waals surface area contributed by atoms with Crippen LogP contribution < -0.4 is 11.1 Å². The quantitative estimate of drug-likeness (QED) is 0.810. The molecule has 1 unspecified atom stereocenters. The number of nitrogens with two attached hydrogens (primary N) is 1. The van der Waals surface area contributed by atoms with Crippen LogP contribution in [0.1, 0.15) is 37.6 Å². The van der Waals surface area contributed by atoms with E-state index in [1.165, 1.54) is 11.3 Å². The molecule has 3 nitrogen and oxygen atoms in total. The first-order valence-corrected chi connectivity index (χ1v) is 8.31. The van der Waals surface area contributed by atoms with Gasteiger partial charge in [-0.05, 0) is 30.5 Å². The predicted octanol–water partition coefficient (Wildman–Crippen LogP) is 2.79. The Balaban J connectivity index is 2.55. The fourth-order valence-corrected chi connectivity index (χ4v) is 3.34. The molecule has 3 N–H and O–H groups in total. The lowest BCUT2D eigenvalue weighted by Crippen LogP contribution is -2.43. The molecule has 1 aromatic heterocycles. The molecular formula is C13H22N2OS2. The van der Waals surface area contributed by atoms with Gasteiger partial charge in [0.15, 0.2) is 0 Å². The van der Waals surface area contributed by atoms with E-state index >= 15 is 0 Å². The van der Waals surface area contributed by atoms with Gasteiger partial charge in [-0.15, -0.1) is 11.3 Å². The largest absolute Gasteiger partial charge is 0.353 e. The van der Waals surface area contributed by atoms with Crippen molar-refractivity contribution in [2.75, 3.05) is 12.8 Å². The molecule has 0 spiro atoms. The summed E-state index contributed by atoms with van der Waals surface area (Å²) in [5, 5.41) is 4.92. The summed E-state index contributed by atoms with van der Waals surface area (Å²) in [5.74, 6) is -0.0854. The second kappa shape index (κ2) is 7.16. The Morgan fingerprint density at radius 1 is 1.56 bits per heavy atom. The van der Waals surface area contributed by atoms with E-state index in [2.05, 4.69) is 25.4 Å². The van der Waals surface area contributed by atoms with Crippen LogP contribution in [0.3, 0.4) is 0 Å². The summed E-state index contributed by atoms with van der Waals surface area (Å²) in [6.45, 7) is 5.00. The Labute approximate surface area is 118 Å². The third-order valence-corrected chi connectivity index (χ3v) is 5.98. The fourth-order valence-electron chi connectivity index (χ4n) is 1.82. The van der Waals surface area contributed by atoms with Gasteiger partial charge in [0.2, 0.25) is 5.91 Å². The first-order valence-electron chi connectivity index (χ1n) is 6.20. The number of nitrogens with one attached hydrogen (secondary N) is 1. The predicted molar refractivity (Wildman–Crippen MR) is 81.1 cm³/mol. The minimum Gasteiger partial charge on any atom is -0.353 e. The summed E-state index contributed by atoms with van der Waals surface area (Å²) in [4.78, 5) is 12.9. The Morgan fingerprint density at radius 3 is 2.67 bits per heavy atom. The topological polar surface area (TPSA) is 55.1 Å². The molecule has 18 heavy (non-hydrogen) atoms. The molecule has 0 aliphatic carbocycles. The van der Waals surface area contributed by atoms with Crippen LogP contribution in [0.4, 0.5) is 0 Å². The molecule has 1 aromatic rings. The average molecular weight is 286 g/mol. The zero-order valence-electron chi connectivity index (χ0n) is 11.2. The lowest BCUT2D eigenvalue weighted by atomic mass is 10.0. The zero-order chi connectivity index (χ0) is 13.6. The molecule has 1 heterocycles. The number of carbonyl (C=O) groups is 1. The normalized spacial score (nSPS) is 13.3. The fraction of sp³-hybridized carbons (Fsp3) is 0.615. The third kappa shape index (κ3) is 3.73. The third-order valence-electron chi connectivity index (χ3n) is 3.44. The highest BCUT2D eigenvalue weighted by molar-refractivity contribution is 8.00. The molecular weight excluding hydrogens is 264 g/mol. The maximum absolute atomic E-state index is 12.0. The van der Waals surface area contributed by atoms with Crippen molar-refractivity contribution in [1.82, 2.24) is 5.32 Å². The second-order valence-electron chi connectivity index (χ2n) is 4.31. The summed E-state index contributed by atoms with van der Waals surface area (Å²) in [6.07, 6.45) is 4.18. The smallest absolute Gasteiger partial charge is 0.242 e. The van der Waals surface area contributed by atoms with Gasteiger partial charge in [0.25, 0.3) is 0 Å². The average Bonchev–Trinajstić information content (AvgIpc) is 2.93. The van der Waals surface area contributed by atoms with Crippen LogP contribution in [0.25, 0.3) is 0 Å². The van der Waals surface area contributed by atoms with Crippen molar-refractivity contribution in [3.05, 3.63) is 22.4 Å². The highest BCUT2D eigenvalue weighted by Gasteiger charge is 2.26. The van der Waals surface area contributed by atoms with Crippen LogP contribution in [-0.2, 0) is 4.79 Å². The SMILES string of the molecule is CCC(CC)(CNC(=O)C(N)c1cccs1)SC. The van der Waals surface area contributed by atoms with Gasteiger partial charge >= 0.3 is 0 Å². The van der Waals surface area contributed by atoms with E-state index < -0.39 is 6.04 Å². The number of amides is 1. The monoisotopic (exact) mass is 286 g/mol. The van der Waals surface area contributed by atoms with Gasteiger partial charge in [0.1, 0.15) is 6.04 Å². The first-order chi connectivity index (χ1) is 8.58. The lowest BCUT2D eigenvalue weighted by molar-refractivity contribution is -0.122. The van der Waals surface area contributed by atoms with Crippen LogP contribution in [0.15, 0.2) is 17.5 Å². The van der Waals surface area contributed by atoms with Crippen LogP contribution in [0, 0.1) is 0 Å². The number of hydrogen-bond donors (Lipinski definition) is 2. The van der Waals surface area contributed by atoms with Gasteiger partial charge in [-0.25, -0.2) is 0 Å². The van der Waals surface area contributed by atoms with E-state index in [0.717, 1.165) is 17.7 Å². The molecule has 1 amide bonds. The van der Waals surface area contributed by atoms with Crippen LogP contribution >= 0.6 is 23.1 Å². The molecule has 0 aliphatic rings. The standard InChI is InChI=1S/C13H22N2OS2/c1-4-13(5-2,17-3)9-15-12(16)11(14)10-7-6-8-18-10/h6-8,11H,4-5,9,14H2,1-3H3,(H,15,16). The molecule has 102 valence electrons. The first kappa shape index (κ1) is 15.5. The van der Waals surface area contributed by atoms with E-state index in [0.29, 0.717) is 6.54 Å². The number of rotatable bonds is 7. The van der Waals surface area contributed by atoms with Gasteiger partial charge in [-0.2, -0.15) is 11.8 Å². The molecule has 0 aromatic carbocycles. The Kier molecular flexibility index (Phi) is 6.18. The molecule has 0 saturated carbocycles. The highest BCUT2D eigenvalue weighted by Crippen LogP contribution is 2.29. The van der Waals surface area contributed by atoms with Gasteiger partial charge in [0, 0.05) is 16.2 Å². The van der Waals surface area contributed by atoms with Crippen molar-refractivity contribution < 1.29 is 4.79 Å².